The van der Waals surface area contributed by atoms with E-state index in [1.165, 1.54) is 38.6 Å². The fourth-order valence-electron chi connectivity index (χ4n) is 3.59. The highest BCUT2D eigenvalue weighted by Crippen LogP contribution is 2.38. The van der Waals surface area contributed by atoms with Crippen LogP contribution in [0.5, 0.6) is 0 Å². The Labute approximate surface area is 111 Å². The van der Waals surface area contributed by atoms with Crippen molar-refractivity contribution in [1.82, 2.24) is 4.90 Å². The van der Waals surface area contributed by atoms with E-state index in [4.69, 9.17) is 5.11 Å². The molecule has 1 aliphatic carbocycles. The molecule has 0 aromatic heterocycles. The summed E-state index contributed by atoms with van der Waals surface area (Å²) in [6.07, 6.45) is 7.86. The fraction of sp³-hybridized carbons (Fsp3) is 0.933. The minimum Gasteiger partial charge on any atom is -0.481 e. The Bertz CT molecular complexity index is 291. The highest BCUT2D eigenvalue weighted by Gasteiger charge is 2.32. The fourth-order valence-corrected chi connectivity index (χ4v) is 3.59. The second-order valence-electron chi connectivity index (χ2n) is 7.00. The zero-order chi connectivity index (χ0) is 13.2. The molecule has 1 heterocycles. The Morgan fingerprint density at radius 2 is 1.94 bits per heavy atom. The van der Waals surface area contributed by atoms with Crippen LogP contribution in [0.1, 0.15) is 58.8 Å². The van der Waals surface area contributed by atoms with E-state index in [1.54, 1.807) is 0 Å². The number of carbonyl (C=O) groups is 1. The Hall–Kier alpha value is -0.570. The van der Waals surface area contributed by atoms with Crippen LogP contribution in [0.3, 0.4) is 0 Å². The minimum atomic E-state index is -0.633. The number of rotatable bonds is 3. The van der Waals surface area contributed by atoms with E-state index in [2.05, 4.69) is 18.7 Å². The Morgan fingerprint density at radius 1 is 1.28 bits per heavy atom. The zero-order valence-electron chi connectivity index (χ0n) is 11.8. The maximum atomic E-state index is 10.8. The molecular formula is C15H27NO2. The Morgan fingerprint density at radius 3 is 2.56 bits per heavy atom. The second kappa shape index (κ2) is 5.60. The number of piperidine rings is 1. The maximum Gasteiger partial charge on any atom is 0.303 e. The molecule has 2 fully saturated rings. The smallest absolute Gasteiger partial charge is 0.303 e. The van der Waals surface area contributed by atoms with Gasteiger partial charge in [-0.05, 0) is 56.4 Å². The van der Waals surface area contributed by atoms with Gasteiger partial charge in [-0.1, -0.05) is 13.8 Å². The standard InChI is InChI=1S/C15H27NO2/c1-15(2)7-5-13(6-8-15)16-9-3-4-12(11-16)10-14(17)18/h12-13H,3-11H2,1-2H3,(H,17,18). The SMILES string of the molecule is CC1(C)CCC(N2CCCC(CC(=O)O)C2)CC1. The first-order chi connectivity index (χ1) is 8.46. The van der Waals surface area contributed by atoms with Crippen molar-refractivity contribution in [2.45, 2.75) is 64.8 Å². The molecule has 1 unspecified atom stereocenters. The highest BCUT2D eigenvalue weighted by atomic mass is 16.4. The van der Waals surface area contributed by atoms with Crippen molar-refractivity contribution < 1.29 is 9.90 Å². The number of hydrogen-bond donors (Lipinski definition) is 1. The lowest BCUT2D eigenvalue weighted by Crippen LogP contribution is -2.45. The first-order valence-corrected chi connectivity index (χ1v) is 7.42. The van der Waals surface area contributed by atoms with Gasteiger partial charge in [0.05, 0.1) is 0 Å². The molecule has 104 valence electrons. The van der Waals surface area contributed by atoms with Gasteiger partial charge in [-0.15, -0.1) is 0 Å². The summed E-state index contributed by atoms with van der Waals surface area (Å²) in [5.41, 5.74) is 0.521. The molecule has 2 aliphatic rings. The van der Waals surface area contributed by atoms with Crippen LogP contribution in [0.15, 0.2) is 0 Å². The molecule has 0 aromatic rings. The topological polar surface area (TPSA) is 40.5 Å². The van der Waals surface area contributed by atoms with Gasteiger partial charge in [-0.3, -0.25) is 4.79 Å². The van der Waals surface area contributed by atoms with Crippen molar-refractivity contribution in [3.63, 3.8) is 0 Å². The largest absolute Gasteiger partial charge is 0.481 e. The normalized spacial score (nSPS) is 30.2. The van der Waals surface area contributed by atoms with E-state index < -0.39 is 5.97 Å². The third-order valence-corrected chi connectivity index (χ3v) is 4.84. The van der Waals surface area contributed by atoms with Crippen molar-refractivity contribution >= 4 is 5.97 Å². The van der Waals surface area contributed by atoms with E-state index in [1.807, 2.05) is 0 Å². The number of carboxylic acid groups (broad SMARTS) is 1. The molecule has 1 saturated carbocycles. The second-order valence-corrected chi connectivity index (χ2v) is 7.00. The van der Waals surface area contributed by atoms with Crippen LogP contribution in [-0.2, 0) is 4.79 Å². The van der Waals surface area contributed by atoms with Gasteiger partial charge in [0.25, 0.3) is 0 Å². The van der Waals surface area contributed by atoms with Crippen LogP contribution in [0, 0.1) is 11.3 Å². The molecule has 0 radical (unpaired) electrons. The van der Waals surface area contributed by atoms with Gasteiger partial charge in [-0.25, -0.2) is 0 Å². The molecule has 3 heteroatoms. The van der Waals surface area contributed by atoms with Crippen LogP contribution >= 0.6 is 0 Å². The number of nitrogens with zero attached hydrogens (tertiary/aromatic N) is 1. The van der Waals surface area contributed by atoms with Gasteiger partial charge in [-0.2, -0.15) is 0 Å². The number of hydrogen-bond acceptors (Lipinski definition) is 2. The molecule has 1 N–H and O–H groups in total. The van der Waals surface area contributed by atoms with E-state index in [0.29, 0.717) is 17.8 Å². The summed E-state index contributed by atoms with van der Waals surface area (Å²) in [5.74, 6) is -0.252. The lowest BCUT2D eigenvalue weighted by molar-refractivity contribution is -0.138. The molecule has 0 amide bonds. The zero-order valence-corrected chi connectivity index (χ0v) is 11.8. The lowest BCUT2D eigenvalue weighted by atomic mass is 9.75. The predicted molar refractivity (Wildman–Crippen MR) is 72.6 cm³/mol. The van der Waals surface area contributed by atoms with Crippen molar-refractivity contribution in [2.75, 3.05) is 13.1 Å². The molecule has 2 rings (SSSR count). The first-order valence-electron chi connectivity index (χ1n) is 7.42. The van der Waals surface area contributed by atoms with E-state index in [-0.39, 0.29) is 0 Å². The van der Waals surface area contributed by atoms with Crippen LogP contribution in [0.2, 0.25) is 0 Å². The van der Waals surface area contributed by atoms with Crippen molar-refractivity contribution in [3.05, 3.63) is 0 Å². The average Bonchev–Trinajstić information content (AvgIpc) is 2.28. The van der Waals surface area contributed by atoms with E-state index >= 15 is 0 Å². The quantitative estimate of drug-likeness (QED) is 0.840. The molecular weight excluding hydrogens is 226 g/mol. The van der Waals surface area contributed by atoms with Crippen molar-refractivity contribution in [2.24, 2.45) is 11.3 Å². The van der Waals surface area contributed by atoms with Gasteiger partial charge in [0.15, 0.2) is 0 Å². The summed E-state index contributed by atoms with van der Waals surface area (Å²) in [6.45, 7) is 6.93. The van der Waals surface area contributed by atoms with Crippen LogP contribution < -0.4 is 0 Å². The summed E-state index contributed by atoms with van der Waals surface area (Å²) in [4.78, 5) is 13.4. The van der Waals surface area contributed by atoms with Gasteiger partial charge in [0.2, 0.25) is 0 Å². The predicted octanol–water partition coefficient (Wildman–Crippen LogP) is 3.14. The third kappa shape index (κ3) is 3.71. The van der Waals surface area contributed by atoms with Gasteiger partial charge < -0.3 is 10.0 Å². The van der Waals surface area contributed by atoms with Crippen LogP contribution in [0.4, 0.5) is 0 Å². The summed E-state index contributed by atoms with van der Waals surface area (Å²) >= 11 is 0. The van der Waals surface area contributed by atoms with Gasteiger partial charge in [0, 0.05) is 19.0 Å². The third-order valence-electron chi connectivity index (χ3n) is 4.84. The molecule has 0 aromatic carbocycles. The van der Waals surface area contributed by atoms with Crippen LogP contribution in [-0.4, -0.2) is 35.1 Å². The molecule has 0 bridgehead atoms. The molecule has 1 aliphatic heterocycles. The molecule has 1 atom stereocenters. The number of carboxylic acids is 1. The molecule has 0 spiro atoms. The summed E-state index contributed by atoms with van der Waals surface area (Å²) in [5, 5.41) is 8.91. The van der Waals surface area contributed by atoms with Crippen LogP contribution in [0.25, 0.3) is 0 Å². The summed E-state index contributed by atoms with van der Waals surface area (Å²) < 4.78 is 0. The maximum absolute atomic E-state index is 10.8. The monoisotopic (exact) mass is 253 g/mol. The number of likely N-dealkylation sites (tertiary alicyclic amines) is 1. The van der Waals surface area contributed by atoms with E-state index in [0.717, 1.165) is 19.0 Å². The average molecular weight is 253 g/mol. The summed E-state index contributed by atoms with van der Waals surface area (Å²) in [6, 6.07) is 0.717. The van der Waals surface area contributed by atoms with E-state index in [9.17, 15) is 4.79 Å². The Balaban J connectivity index is 1.84. The minimum absolute atomic E-state index is 0.356. The number of aliphatic carboxylic acids is 1. The first kappa shape index (κ1) is 13.9. The molecule has 18 heavy (non-hydrogen) atoms. The van der Waals surface area contributed by atoms with Gasteiger partial charge in [0.1, 0.15) is 0 Å². The van der Waals surface area contributed by atoms with Crippen molar-refractivity contribution in [1.29, 1.82) is 0 Å². The lowest BCUT2D eigenvalue weighted by Gasteiger charge is -2.43. The highest BCUT2D eigenvalue weighted by molar-refractivity contribution is 5.67. The van der Waals surface area contributed by atoms with Crippen molar-refractivity contribution in [3.8, 4) is 0 Å². The summed E-state index contributed by atoms with van der Waals surface area (Å²) in [7, 11) is 0. The Kier molecular flexibility index (Phi) is 4.31. The van der Waals surface area contributed by atoms with Gasteiger partial charge >= 0.3 is 5.97 Å². The molecule has 1 saturated heterocycles. The molecule has 3 nitrogen and oxygen atoms in total.